The van der Waals surface area contributed by atoms with Gasteiger partial charge in [-0.3, -0.25) is 4.79 Å². The minimum Gasteiger partial charge on any atom is -0.496 e. The second-order valence-electron chi connectivity index (χ2n) is 5.95. The Morgan fingerprint density at radius 3 is 2.14 bits per heavy atom. The molecule has 3 aromatic rings. The Balaban J connectivity index is 1.63. The second-order valence-corrected chi connectivity index (χ2v) is 5.95. The van der Waals surface area contributed by atoms with Crippen LogP contribution in [0, 0.1) is 0 Å². The third-order valence-electron chi connectivity index (χ3n) is 4.18. The van der Waals surface area contributed by atoms with Crippen molar-refractivity contribution in [3.8, 4) is 11.5 Å². The molecule has 1 aromatic heterocycles. The molecule has 0 atom stereocenters. The molecule has 0 bridgehead atoms. The molecule has 144 valence electrons. The molecule has 0 unspecified atom stereocenters. The smallest absolute Gasteiger partial charge is 0.270 e. The van der Waals surface area contributed by atoms with Crippen molar-refractivity contribution in [2.45, 2.75) is 13.1 Å². The highest BCUT2D eigenvalue weighted by molar-refractivity contribution is 5.92. The molecular formula is C21H22N4O3. The topological polar surface area (TPSA) is 85.4 Å². The first-order valence-corrected chi connectivity index (χ1v) is 8.79. The Morgan fingerprint density at radius 1 is 0.893 bits per heavy atom. The number of ether oxygens (including phenoxy) is 2. The Kier molecular flexibility index (Phi) is 6.41. The first-order chi connectivity index (χ1) is 13.7. The molecule has 1 heterocycles. The summed E-state index contributed by atoms with van der Waals surface area (Å²) in [7, 11) is 3.23. The average Bonchev–Trinajstić information content (AvgIpc) is 2.76. The van der Waals surface area contributed by atoms with Crippen LogP contribution in [0.3, 0.4) is 0 Å². The van der Waals surface area contributed by atoms with Gasteiger partial charge in [0.25, 0.3) is 5.91 Å². The molecule has 2 N–H and O–H groups in total. The summed E-state index contributed by atoms with van der Waals surface area (Å²) in [6, 6.07) is 16.9. The Bertz CT molecular complexity index is 946. The van der Waals surface area contributed by atoms with Gasteiger partial charge in [-0.25, -0.2) is 9.97 Å². The van der Waals surface area contributed by atoms with Crippen molar-refractivity contribution >= 4 is 11.7 Å². The van der Waals surface area contributed by atoms with E-state index in [4.69, 9.17) is 9.47 Å². The van der Waals surface area contributed by atoms with Gasteiger partial charge in [-0.05, 0) is 12.1 Å². The van der Waals surface area contributed by atoms with Gasteiger partial charge in [0.15, 0.2) is 0 Å². The van der Waals surface area contributed by atoms with Crippen LogP contribution in [0.4, 0.5) is 5.82 Å². The van der Waals surface area contributed by atoms with E-state index in [1.807, 2.05) is 48.5 Å². The van der Waals surface area contributed by atoms with Crippen LogP contribution < -0.4 is 20.1 Å². The molecule has 0 aliphatic heterocycles. The molecule has 0 saturated carbocycles. The van der Waals surface area contributed by atoms with Crippen LogP contribution in [0.2, 0.25) is 0 Å². The van der Waals surface area contributed by atoms with E-state index in [1.54, 1.807) is 20.3 Å². The molecule has 28 heavy (non-hydrogen) atoms. The predicted octanol–water partition coefficient (Wildman–Crippen LogP) is 3.04. The van der Waals surface area contributed by atoms with E-state index >= 15 is 0 Å². The van der Waals surface area contributed by atoms with Gasteiger partial charge >= 0.3 is 0 Å². The fraction of sp³-hybridized carbons (Fsp3) is 0.190. The predicted molar refractivity (Wildman–Crippen MR) is 107 cm³/mol. The van der Waals surface area contributed by atoms with Crippen LogP contribution in [0.15, 0.2) is 60.9 Å². The normalized spacial score (nSPS) is 10.2. The third kappa shape index (κ3) is 4.76. The van der Waals surface area contributed by atoms with Crippen LogP contribution in [0.1, 0.15) is 21.6 Å². The summed E-state index contributed by atoms with van der Waals surface area (Å²) in [5.74, 6) is 1.79. The Labute approximate surface area is 163 Å². The number of hydrogen-bond donors (Lipinski definition) is 2. The first-order valence-electron chi connectivity index (χ1n) is 8.79. The highest BCUT2D eigenvalue weighted by atomic mass is 16.5. The molecule has 0 spiro atoms. The van der Waals surface area contributed by atoms with Gasteiger partial charge in [-0.2, -0.15) is 0 Å². The summed E-state index contributed by atoms with van der Waals surface area (Å²) >= 11 is 0. The van der Waals surface area contributed by atoms with Gasteiger partial charge in [-0.15, -0.1) is 0 Å². The number of nitrogens with zero attached hydrogens (tertiary/aromatic N) is 2. The van der Waals surface area contributed by atoms with E-state index < -0.39 is 0 Å². The third-order valence-corrected chi connectivity index (χ3v) is 4.18. The number of amides is 1. The maximum Gasteiger partial charge on any atom is 0.270 e. The van der Waals surface area contributed by atoms with Gasteiger partial charge in [0, 0.05) is 30.3 Å². The average molecular weight is 378 g/mol. The van der Waals surface area contributed by atoms with Gasteiger partial charge in [0.1, 0.15) is 29.3 Å². The minimum absolute atomic E-state index is 0.284. The van der Waals surface area contributed by atoms with Crippen LogP contribution in [0.25, 0.3) is 0 Å². The van der Waals surface area contributed by atoms with Crippen molar-refractivity contribution in [3.63, 3.8) is 0 Å². The zero-order valence-electron chi connectivity index (χ0n) is 15.8. The monoisotopic (exact) mass is 378 g/mol. The van der Waals surface area contributed by atoms with Crippen molar-refractivity contribution in [2.75, 3.05) is 19.5 Å². The molecule has 0 fully saturated rings. The fourth-order valence-electron chi connectivity index (χ4n) is 2.73. The number of benzene rings is 2. The van der Waals surface area contributed by atoms with Crippen molar-refractivity contribution in [1.82, 2.24) is 15.3 Å². The summed E-state index contributed by atoms with van der Waals surface area (Å²) in [5, 5.41) is 6.04. The lowest BCUT2D eigenvalue weighted by Gasteiger charge is -2.11. The summed E-state index contributed by atoms with van der Waals surface area (Å²) < 4.78 is 10.6. The summed E-state index contributed by atoms with van der Waals surface area (Å²) in [6.07, 6.45) is 1.36. The summed E-state index contributed by atoms with van der Waals surface area (Å²) in [5.41, 5.74) is 2.17. The molecule has 0 radical (unpaired) electrons. The van der Waals surface area contributed by atoms with E-state index in [0.717, 1.165) is 22.6 Å². The quantitative estimate of drug-likeness (QED) is 0.627. The molecule has 7 nitrogen and oxygen atoms in total. The molecule has 7 heteroatoms. The summed E-state index contributed by atoms with van der Waals surface area (Å²) in [4.78, 5) is 20.7. The highest BCUT2D eigenvalue weighted by Gasteiger charge is 2.10. The summed E-state index contributed by atoms with van der Waals surface area (Å²) in [6.45, 7) is 0.861. The molecular weight excluding hydrogens is 356 g/mol. The maximum absolute atomic E-state index is 12.5. The van der Waals surface area contributed by atoms with Crippen LogP contribution >= 0.6 is 0 Å². The number of nitrogens with one attached hydrogen (secondary N) is 2. The number of anilines is 1. The van der Waals surface area contributed by atoms with Crippen molar-refractivity contribution in [2.24, 2.45) is 0 Å². The number of carbonyl (C=O) groups excluding carboxylic acids is 1. The zero-order chi connectivity index (χ0) is 19.8. The SMILES string of the molecule is COc1ccccc1CNC(=O)c1cc(NCc2ccccc2OC)ncn1. The van der Waals surface area contributed by atoms with Gasteiger partial charge in [-0.1, -0.05) is 36.4 Å². The molecule has 0 saturated heterocycles. The zero-order valence-corrected chi connectivity index (χ0v) is 15.8. The number of carbonyl (C=O) groups is 1. The van der Waals surface area contributed by atoms with Crippen LogP contribution in [-0.2, 0) is 13.1 Å². The first kappa shape index (κ1) is 19.2. The van der Waals surface area contributed by atoms with E-state index in [0.29, 0.717) is 18.9 Å². The number of methoxy groups -OCH3 is 2. The van der Waals surface area contributed by atoms with Crippen molar-refractivity contribution < 1.29 is 14.3 Å². The Hall–Kier alpha value is -3.61. The molecule has 1 amide bonds. The van der Waals surface area contributed by atoms with E-state index in [1.165, 1.54) is 6.33 Å². The lowest BCUT2D eigenvalue weighted by molar-refractivity contribution is 0.0945. The van der Waals surface area contributed by atoms with Gasteiger partial charge in [0.05, 0.1) is 14.2 Å². The van der Waals surface area contributed by atoms with Gasteiger partial charge < -0.3 is 20.1 Å². The minimum atomic E-state index is -0.284. The van der Waals surface area contributed by atoms with E-state index in [9.17, 15) is 4.79 Å². The fourth-order valence-corrected chi connectivity index (χ4v) is 2.73. The highest BCUT2D eigenvalue weighted by Crippen LogP contribution is 2.19. The molecule has 3 rings (SSSR count). The molecule has 0 aliphatic rings. The Morgan fingerprint density at radius 2 is 1.50 bits per heavy atom. The van der Waals surface area contributed by atoms with Gasteiger partial charge in [0.2, 0.25) is 0 Å². The number of para-hydroxylation sites is 2. The number of hydrogen-bond acceptors (Lipinski definition) is 6. The van der Waals surface area contributed by atoms with E-state index in [2.05, 4.69) is 20.6 Å². The lowest BCUT2D eigenvalue weighted by atomic mass is 10.2. The largest absolute Gasteiger partial charge is 0.496 e. The van der Waals surface area contributed by atoms with Crippen molar-refractivity contribution in [1.29, 1.82) is 0 Å². The second kappa shape index (κ2) is 9.36. The maximum atomic E-state index is 12.5. The van der Waals surface area contributed by atoms with Crippen molar-refractivity contribution in [3.05, 3.63) is 77.7 Å². The standard InChI is InChI=1S/C21H22N4O3/c1-27-18-9-5-3-7-15(18)12-22-20-11-17(24-14-25-20)21(26)23-13-16-8-4-6-10-19(16)28-2/h3-11,14H,12-13H2,1-2H3,(H,23,26)(H,22,24,25). The number of rotatable bonds is 8. The number of aromatic nitrogens is 2. The van der Waals surface area contributed by atoms with E-state index in [-0.39, 0.29) is 11.6 Å². The van der Waals surface area contributed by atoms with Crippen LogP contribution in [0.5, 0.6) is 11.5 Å². The van der Waals surface area contributed by atoms with Crippen LogP contribution in [-0.4, -0.2) is 30.1 Å². The molecule has 2 aromatic carbocycles. The molecule has 0 aliphatic carbocycles. The lowest BCUT2D eigenvalue weighted by Crippen LogP contribution is -2.24.